The van der Waals surface area contributed by atoms with Crippen LogP contribution in [0.3, 0.4) is 0 Å². The van der Waals surface area contributed by atoms with Gasteiger partial charge >= 0.3 is 23.9 Å². The van der Waals surface area contributed by atoms with E-state index in [0.29, 0.717) is 11.1 Å². The number of carbonyl (C=O) groups is 7. The quantitative estimate of drug-likeness (QED) is 0.0533. The molecule has 5 rings (SSSR count). The lowest BCUT2D eigenvalue weighted by Gasteiger charge is -2.25. The number of amides is 6. The first-order valence-corrected chi connectivity index (χ1v) is 18.8. The van der Waals surface area contributed by atoms with E-state index in [1.165, 1.54) is 19.1 Å². The van der Waals surface area contributed by atoms with Crippen molar-refractivity contribution >= 4 is 58.0 Å². The fourth-order valence-corrected chi connectivity index (χ4v) is 6.08. The molecule has 344 valence electrons. The first-order valence-electron chi connectivity index (χ1n) is 18.8. The summed E-state index contributed by atoms with van der Waals surface area (Å²) in [4.78, 5) is 115. The molecule has 0 bridgehead atoms. The lowest BCUT2D eigenvalue weighted by Crippen LogP contribution is -2.59. The molecule has 0 spiro atoms. The molecule has 0 aliphatic carbocycles. The number of aromatic nitrogens is 3. The number of Topliss-reactive ketones (excluding diaryl/α,β-unsaturated/α-hetero) is 1. The monoisotopic (exact) mass is 904 g/mol. The van der Waals surface area contributed by atoms with Crippen molar-refractivity contribution in [3.05, 3.63) is 99.0 Å². The topological polar surface area (TPSA) is 372 Å². The van der Waals surface area contributed by atoms with Crippen LogP contribution in [-0.2, 0) is 35.1 Å². The van der Waals surface area contributed by atoms with Crippen molar-refractivity contribution < 1.29 is 66.8 Å². The molecule has 4 aromatic rings. The number of nitrogens with one attached hydrogen (secondary N) is 7. The van der Waals surface area contributed by atoms with Gasteiger partial charge in [0, 0.05) is 60.1 Å². The van der Waals surface area contributed by atoms with Crippen molar-refractivity contribution in [1.82, 2.24) is 35.8 Å². The SMILES string of the molecule is CC(=O)c1cccc(NC(=O)N[C@@H](Cc2c[nH]c3ccccc23)C(=O)N[C@@H](CNC(=O)[C@@H](N)CC(N)=O)C(=O)NC[C@H]2O[C@@H](n3ccc(=O)[nH]c3=O)[C@H](O)[C@@H]2O)c1.O=C(O)C(F)(F)F. The number of carboxylic acids is 1. The van der Waals surface area contributed by atoms with Gasteiger partial charge in [0.05, 0.1) is 12.5 Å². The first kappa shape index (κ1) is 49.2. The van der Waals surface area contributed by atoms with Crippen LogP contribution in [0.4, 0.5) is 23.7 Å². The number of nitrogens with two attached hydrogens (primary N) is 2. The van der Waals surface area contributed by atoms with Gasteiger partial charge in [-0.2, -0.15) is 13.2 Å². The number of benzene rings is 2. The number of carbonyl (C=O) groups excluding carboxylic acids is 6. The molecule has 3 heterocycles. The zero-order valence-electron chi connectivity index (χ0n) is 33.4. The number of carboxylic acid groups (broad SMARTS) is 1. The summed E-state index contributed by atoms with van der Waals surface area (Å²) in [6.07, 6.45) is -9.02. The molecule has 1 fully saturated rings. The van der Waals surface area contributed by atoms with E-state index in [1.54, 1.807) is 36.5 Å². The van der Waals surface area contributed by atoms with E-state index in [9.17, 15) is 61.7 Å². The maximum absolute atomic E-state index is 14.0. The number of halogens is 3. The highest BCUT2D eigenvalue weighted by molar-refractivity contribution is 5.99. The number of aliphatic carboxylic acids is 1. The van der Waals surface area contributed by atoms with Gasteiger partial charge in [-0.25, -0.2) is 14.4 Å². The van der Waals surface area contributed by atoms with Crippen molar-refractivity contribution in [3.8, 4) is 0 Å². The van der Waals surface area contributed by atoms with E-state index in [4.69, 9.17) is 26.1 Å². The summed E-state index contributed by atoms with van der Waals surface area (Å²) in [5, 5.41) is 41.7. The van der Waals surface area contributed by atoms with E-state index >= 15 is 0 Å². The normalized spacial score (nSPS) is 18.3. The predicted octanol–water partition coefficient (Wildman–Crippen LogP) is -2.17. The summed E-state index contributed by atoms with van der Waals surface area (Å²) >= 11 is 0. The van der Waals surface area contributed by atoms with Gasteiger partial charge in [-0.1, -0.05) is 30.3 Å². The second-order valence-electron chi connectivity index (χ2n) is 14.0. The third-order valence-electron chi connectivity index (χ3n) is 9.30. The minimum Gasteiger partial charge on any atom is -0.475 e. The summed E-state index contributed by atoms with van der Waals surface area (Å²) in [6, 6.07) is 9.19. The average molecular weight is 905 g/mol. The largest absolute Gasteiger partial charge is 0.490 e. The van der Waals surface area contributed by atoms with E-state index in [-0.39, 0.29) is 17.9 Å². The Morgan fingerprint density at radius 3 is 2.23 bits per heavy atom. The van der Waals surface area contributed by atoms with Crippen LogP contribution in [0.25, 0.3) is 10.9 Å². The summed E-state index contributed by atoms with van der Waals surface area (Å²) in [7, 11) is 0. The Morgan fingerprint density at radius 2 is 1.59 bits per heavy atom. The highest BCUT2D eigenvalue weighted by Crippen LogP contribution is 2.28. The molecule has 2 aromatic heterocycles. The van der Waals surface area contributed by atoms with Gasteiger partial charge in [-0.05, 0) is 30.7 Å². The van der Waals surface area contributed by atoms with Crippen molar-refractivity contribution in [2.24, 2.45) is 11.5 Å². The number of rotatable bonds is 16. The number of aliphatic hydroxyl groups is 2. The van der Waals surface area contributed by atoms with Crippen molar-refractivity contribution in [2.75, 3.05) is 18.4 Å². The Balaban J connectivity index is 0.00000118. The maximum atomic E-state index is 14.0. The fourth-order valence-electron chi connectivity index (χ4n) is 6.08. The maximum Gasteiger partial charge on any atom is 0.490 e. The summed E-state index contributed by atoms with van der Waals surface area (Å²) in [6.45, 7) is 0.298. The van der Waals surface area contributed by atoms with Crippen LogP contribution in [0.15, 0.2) is 76.6 Å². The number of hydrogen-bond donors (Lipinski definition) is 12. The number of primary amides is 1. The minimum atomic E-state index is -5.08. The van der Waals surface area contributed by atoms with E-state index in [0.717, 1.165) is 27.7 Å². The molecule has 7 atom stereocenters. The van der Waals surface area contributed by atoms with Gasteiger partial charge in [0.1, 0.15) is 30.4 Å². The average Bonchev–Trinajstić information content (AvgIpc) is 3.76. The van der Waals surface area contributed by atoms with Gasteiger partial charge in [0.15, 0.2) is 12.0 Å². The van der Waals surface area contributed by atoms with Crippen LogP contribution < -0.4 is 49.3 Å². The first-order chi connectivity index (χ1) is 30.0. The molecular formula is C38H43F3N10O13. The summed E-state index contributed by atoms with van der Waals surface area (Å²) in [5.74, 6) is -6.55. The molecule has 0 unspecified atom stereocenters. The standard InChI is InChI=1S/C36H42N10O11.C2HF3O2/c1-17(47)18-5-4-6-20(11-18)42-35(55)44-24(12-19-14-39-23-8-3-2-7-21(19)23)33(54)43-25(15-40-31(52)22(37)13-27(38)48)32(53)41-16-26-29(50)30(51)34(57-26)46-10-9-28(49)45-36(46)56;3-2(4,5)1(6)7/h2-11,14,22,24-26,29-30,34,39,50-51H,12-13,15-16,37H2,1H3,(H2,38,48)(H,40,52)(H,41,53)(H,43,54)(H2,42,44,55)(H,45,49,56);(H,6,7)/t22-,24-,25-,26+,29+,30+,34+;/m0./s1. The number of ketones is 1. The van der Waals surface area contributed by atoms with Crippen molar-refractivity contribution in [3.63, 3.8) is 0 Å². The molecule has 1 saturated heterocycles. The molecule has 6 amide bonds. The molecule has 1 aliphatic rings. The van der Waals surface area contributed by atoms with E-state index < -0.39 is 115 Å². The van der Waals surface area contributed by atoms with Crippen LogP contribution in [0.2, 0.25) is 0 Å². The van der Waals surface area contributed by atoms with Gasteiger partial charge in [0.2, 0.25) is 23.6 Å². The number of nitrogens with zero attached hydrogens (tertiary/aromatic N) is 1. The molecule has 1 aliphatic heterocycles. The van der Waals surface area contributed by atoms with Crippen LogP contribution in [-0.4, -0.2) is 127 Å². The van der Waals surface area contributed by atoms with Crippen LogP contribution in [0.5, 0.6) is 0 Å². The Bertz CT molecular complexity index is 2490. The van der Waals surface area contributed by atoms with E-state index in [1.807, 2.05) is 11.1 Å². The summed E-state index contributed by atoms with van der Waals surface area (Å²) < 4.78 is 38.2. The number of alkyl halides is 3. The Hall–Kier alpha value is -7.42. The van der Waals surface area contributed by atoms with Gasteiger partial charge in [-0.3, -0.25) is 38.3 Å². The number of urea groups is 1. The third kappa shape index (κ3) is 13.5. The Morgan fingerprint density at radius 1 is 0.906 bits per heavy atom. The molecule has 0 saturated carbocycles. The number of fused-ring (bicyclic) bond motifs is 1. The molecule has 23 nitrogen and oxygen atoms in total. The van der Waals surface area contributed by atoms with Gasteiger partial charge < -0.3 is 63.1 Å². The predicted molar refractivity (Wildman–Crippen MR) is 215 cm³/mol. The van der Waals surface area contributed by atoms with E-state index in [2.05, 4.69) is 31.6 Å². The van der Waals surface area contributed by atoms with Crippen LogP contribution >= 0.6 is 0 Å². The Kier molecular flexibility index (Phi) is 16.6. The number of H-pyrrole nitrogens is 2. The number of aromatic amines is 2. The molecule has 0 radical (unpaired) electrons. The summed E-state index contributed by atoms with van der Waals surface area (Å²) in [5.41, 5.74) is 11.2. The zero-order chi connectivity index (χ0) is 47.5. The highest BCUT2D eigenvalue weighted by atomic mass is 19.4. The number of aliphatic hydroxyl groups excluding tert-OH is 2. The van der Waals surface area contributed by atoms with Crippen molar-refractivity contribution in [2.45, 2.75) is 68.6 Å². The molecule has 2 aromatic carbocycles. The lowest BCUT2D eigenvalue weighted by atomic mass is 10.0. The fraction of sp³-hybridized carbons (Fsp3) is 0.342. The van der Waals surface area contributed by atoms with Gasteiger partial charge in [-0.15, -0.1) is 0 Å². The lowest BCUT2D eigenvalue weighted by molar-refractivity contribution is -0.192. The van der Waals surface area contributed by atoms with Crippen LogP contribution in [0, 0.1) is 0 Å². The minimum absolute atomic E-state index is 0.0908. The molecule has 14 N–H and O–H groups in total. The van der Waals surface area contributed by atoms with Crippen molar-refractivity contribution in [1.29, 1.82) is 0 Å². The zero-order valence-corrected chi connectivity index (χ0v) is 33.4. The Labute approximate surface area is 357 Å². The second-order valence-corrected chi connectivity index (χ2v) is 14.0. The molecule has 26 heteroatoms. The third-order valence-corrected chi connectivity index (χ3v) is 9.30. The van der Waals surface area contributed by atoms with Crippen LogP contribution in [0.1, 0.15) is 35.5 Å². The number of hydrogen-bond acceptors (Lipinski definition) is 13. The number of para-hydroxylation sites is 1. The second kappa shape index (κ2) is 21.6. The van der Waals surface area contributed by atoms with Gasteiger partial charge in [0.25, 0.3) is 5.56 Å². The molecule has 64 heavy (non-hydrogen) atoms. The molecular weight excluding hydrogens is 861 g/mol. The highest BCUT2D eigenvalue weighted by Gasteiger charge is 2.44. The number of anilines is 1. The number of ether oxygens (including phenoxy) is 1. The smallest absolute Gasteiger partial charge is 0.475 e.